The topological polar surface area (TPSA) is 87.7 Å². The van der Waals surface area contributed by atoms with Crippen LogP contribution in [0.25, 0.3) is 0 Å². The third-order valence-electron chi connectivity index (χ3n) is 4.49. The minimum absolute atomic E-state index is 0.00334. The lowest BCUT2D eigenvalue weighted by atomic mass is 9.93. The maximum atomic E-state index is 12.0. The molecule has 2 aliphatic rings. The molecular weight excluding hydrogens is 260 g/mol. The van der Waals surface area contributed by atoms with Gasteiger partial charge in [-0.25, -0.2) is 4.79 Å². The molecule has 114 valence electrons. The number of aliphatic carboxylic acids is 1. The van der Waals surface area contributed by atoms with Crippen LogP contribution in [0.1, 0.15) is 45.4 Å². The van der Waals surface area contributed by atoms with E-state index in [9.17, 15) is 9.59 Å². The van der Waals surface area contributed by atoms with Crippen LogP contribution in [0.15, 0.2) is 0 Å². The molecule has 2 atom stereocenters. The molecule has 1 heterocycles. The van der Waals surface area contributed by atoms with Gasteiger partial charge in [0.05, 0.1) is 18.1 Å². The Kier molecular flexibility index (Phi) is 4.86. The fraction of sp³-hybridized carbons (Fsp3) is 0.857. The number of hydrogen-bond acceptors (Lipinski definition) is 3. The summed E-state index contributed by atoms with van der Waals surface area (Å²) in [5.41, 5.74) is -0.562. The van der Waals surface area contributed by atoms with E-state index in [1.54, 1.807) is 0 Å². The van der Waals surface area contributed by atoms with E-state index in [1.165, 1.54) is 0 Å². The molecule has 20 heavy (non-hydrogen) atoms. The van der Waals surface area contributed by atoms with Crippen molar-refractivity contribution in [2.75, 3.05) is 13.2 Å². The molecule has 2 fully saturated rings. The van der Waals surface area contributed by atoms with Crippen LogP contribution in [0, 0.1) is 5.92 Å². The minimum atomic E-state index is -0.856. The van der Waals surface area contributed by atoms with Gasteiger partial charge >= 0.3 is 12.0 Å². The summed E-state index contributed by atoms with van der Waals surface area (Å²) in [7, 11) is 0. The third kappa shape index (κ3) is 3.85. The number of carbonyl (C=O) groups excluding carboxylic acids is 1. The predicted molar refractivity (Wildman–Crippen MR) is 73.5 cm³/mol. The van der Waals surface area contributed by atoms with E-state index in [-0.39, 0.29) is 18.6 Å². The SMILES string of the molecule is CC1OCCC1CNC(=O)NC1(CC(=O)O)CCCC1. The van der Waals surface area contributed by atoms with Crippen molar-refractivity contribution in [3.8, 4) is 0 Å². The summed E-state index contributed by atoms with van der Waals surface area (Å²) < 4.78 is 5.45. The van der Waals surface area contributed by atoms with Crippen molar-refractivity contribution in [3.63, 3.8) is 0 Å². The number of urea groups is 1. The fourth-order valence-electron chi connectivity index (χ4n) is 3.24. The van der Waals surface area contributed by atoms with Crippen molar-refractivity contribution in [3.05, 3.63) is 0 Å². The Morgan fingerprint density at radius 3 is 2.60 bits per heavy atom. The van der Waals surface area contributed by atoms with Crippen LogP contribution in [-0.2, 0) is 9.53 Å². The first-order valence-electron chi connectivity index (χ1n) is 7.40. The third-order valence-corrected chi connectivity index (χ3v) is 4.49. The van der Waals surface area contributed by atoms with Crippen molar-refractivity contribution < 1.29 is 19.4 Å². The van der Waals surface area contributed by atoms with Gasteiger partial charge in [0.2, 0.25) is 0 Å². The van der Waals surface area contributed by atoms with E-state index in [2.05, 4.69) is 10.6 Å². The molecular formula is C14H24N2O4. The number of carbonyl (C=O) groups is 2. The minimum Gasteiger partial charge on any atom is -0.481 e. The molecule has 0 spiro atoms. The fourth-order valence-corrected chi connectivity index (χ4v) is 3.24. The highest BCUT2D eigenvalue weighted by Crippen LogP contribution is 2.32. The molecule has 2 amide bonds. The maximum absolute atomic E-state index is 12.0. The quantitative estimate of drug-likeness (QED) is 0.714. The van der Waals surface area contributed by atoms with Crippen LogP contribution < -0.4 is 10.6 Å². The van der Waals surface area contributed by atoms with Crippen molar-refractivity contribution in [1.29, 1.82) is 0 Å². The highest BCUT2D eigenvalue weighted by Gasteiger charge is 2.37. The summed E-state index contributed by atoms with van der Waals surface area (Å²) in [4.78, 5) is 23.0. The van der Waals surface area contributed by atoms with Crippen LogP contribution in [0.4, 0.5) is 4.79 Å². The number of ether oxygens (including phenoxy) is 1. The molecule has 0 aromatic heterocycles. The van der Waals surface area contributed by atoms with Crippen LogP contribution in [0.3, 0.4) is 0 Å². The molecule has 2 unspecified atom stereocenters. The molecule has 6 nitrogen and oxygen atoms in total. The molecule has 1 aliphatic heterocycles. The van der Waals surface area contributed by atoms with E-state index in [4.69, 9.17) is 9.84 Å². The Morgan fingerprint density at radius 2 is 2.05 bits per heavy atom. The zero-order valence-electron chi connectivity index (χ0n) is 12.0. The second-order valence-electron chi connectivity index (χ2n) is 6.02. The van der Waals surface area contributed by atoms with Gasteiger partial charge in [-0.2, -0.15) is 0 Å². The number of rotatable bonds is 5. The average Bonchev–Trinajstić information content (AvgIpc) is 2.96. The van der Waals surface area contributed by atoms with Crippen molar-refractivity contribution in [2.45, 2.75) is 57.1 Å². The van der Waals surface area contributed by atoms with E-state index in [0.29, 0.717) is 12.5 Å². The Hall–Kier alpha value is -1.30. The number of amides is 2. The smallest absolute Gasteiger partial charge is 0.315 e. The van der Waals surface area contributed by atoms with Gasteiger partial charge in [-0.15, -0.1) is 0 Å². The molecule has 1 saturated carbocycles. The van der Waals surface area contributed by atoms with Gasteiger partial charge in [0, 0.05) is 19.1 Å². The van der Waals surface area contributed by atoms with E-state index in [0.717, 1.165) is 38.7 Å². The first-order chi connectivity index (χ1) is 9.51. The van der Waals surface area contributed by atoms with Crippen molar-refractivity contribution in [2.24, 2.45) is 5.92 Å². The molecule has 3 N–H and O–H groups in total. The summed E-state index contributed by atoms with van der Waals surface area (Å²) in [6.07, 6.45) is 4.58. The monoisotopic (exact) mass is 284 g/mol. The van der Waals surface area contributed by atoms with Crippen LogP contribution in [0.5, 0.6) is 0 Å². The first-order valence-corrected chi connectivity index (χ1v) is 7.40. The van der Waals surface area contributed by atoms with Gasteiger partial charge < -0.3 is 20.5 Å². The lowest BCUT2D eigenvalue weighted by Crippen LogP contribution is -2.52. The van der Waals surface area contributed by atoms with Crippen LogP contribution >= 0.6 is 0 Å². The summed E-state index contributed by atoms with van der Waals surface area (Å²) in [5.74, 6) is -0.509. The first kappa shape index (κ1) is 15.1. The summed E-state index contributed by atoms with van der Waals surface area (Å²) >= 11 is 0. The summed E-state index contributed by atoms with van der Waals surface area (Å²) in [5, 5.41) is 14.7. The molecule has 0 radical (unpaired) electrons. The largest absolute Gasteiger partial charge is 0.481 e. The Morgan fingerprint density at radius 1 is 1.35 bits per heavy atom. The van der Waals surface area contributed by atoms with Gasteiger partial charge in [0.1, 0.15) is 0 Å². The average molecular weight is 284 g/mol. The Labute approximate surface area is 119 Å². The van der Waals surface area contributed by atoms with Crippen molar-refractivity contribution >= 4 is 12.0 Å². The normalized spacial score (nSPS) is 28.2. The highest BCUT2D eigenvalue weighted by molar-refractivity contribution is 5.76. The van der Waals surface area contributed by atoms with Gasteiger partial charge in [-0.3, -0.25) is 4.79 Å². The van der Waals surface area contributed by atoms with Gasteiger partial charge in [-0.05, 0) is 26.2 Å². The molecule has 6 heteroatoms. The van der Waals surface area contributed by atoms with Gasteiger partial charge in [0.15, 0.2) is 0 Å². The molecule has 1 saturated heterocycles. The second kappa shape index (κ2) is 6.43. The zero-order chi connectivity index (χ0) is 14.6. The second-order valence-corrected chi connectivity index (χ2v) is 6.02. The van der Waals surface area contributed by atoms with E-state index < -0.39 is 11.5 Å². The van der Waals surface area contributed by atoms with Gasteiger partial charge in [0.25, 0.3) is 0 Å². The maximum Gasteiger partial charge on any atom is 0.315 e. The number of hydrogen-bond donors (Lipinski definition) is 3. The van der Waals surface area contributed by atoms with Crippen molar-refractivity contribution in [1.82, 2.24) is 10.6 Å². The Balaban J connectivity index is 1.81. The standard InChI is InChI=1S/C14H24N2O4/c1-10-11(4-7-20-10)9-15-13(19)16-14(8-12(17)18)5-2-3-6-14/h10-11H,2-9H2,1H3,(H,17,18)(H2,15,16,19). The zero-order valence-corrected chi connectivity index (χ0v) is 12.0. The Bertz CT molecular complexity index is 366. The summed E-state index contributed by atoms with van der Waals surface area (Å²) in [6, 6.07) is -0.257. The number of carboxylic acid groups (broad SMARTS) is 1. The molecule has 0 aromatic carbocycles. The lowest BCUT2D eigenvalue weighted by Gasteiger charge is -2.29. The lowest BCUT2D eigenvalue weighted by molar-refractivity contribution is -0.138. The van der Waals surface area contributed by atoms with Crippen LogP contribution in [0.2, 0.25) is 0 Å². The van der Waals surface area contributed by atoms with Gasteiger partial charge in [-0.1, -0.05) is 12.8 Å². The number of nitrogens with one attached hydrogen (secondary N) is 2. The molecule has 1 aliphatic carbocycles. The number of carboxylic acids is 1. The van der Waals surface area contributed by atoms with E-state index in [1.807, 2.05) is 6.92 Å². The molecule has 0 bridgehead atoms. The molecule has 0 aromatic rings. The highest BCUT2D eigenvalue weighted by atomic mass is 16.5. The van der Waals surface area contributed by atoms with E-state index >= 15 is 0 Å². The van der Waals surface area contributed by atoms with Crippen LogP contribution in [-0.4, -0.2) is 41.9 Å². The molecule has 2 rings (SSSR count). The summed E-state index contributed by atoms with van der Waals surface area (Å²) in [6.45, 7) is 3.34. The predicted octanol–water partition coefficient (Wildman–Crippen LogP) is 1.50.